The molecular formula is C20H20ClN3O. The van der Waals surface area contributed by atoms with Crippen LogP contribution < -0.4 is 0 Å². The predicted molar refractivity (Wildman–Crippen MR) is 99.7 cm³/mol. The molecule has 5 heteroatoms. The summed E-state index contributed by atoms with van der Waals surface area (Å²) >= 11 is 5.96. The fraction of sp³-hybridized carbons (Fsp3) is 0.300. The number of halogens is 1. The first-order valence-corrected chi connectivity index (χ1v) is 8.98. The van der Waals surface area contributed by atoms with Crippen molar-refractivity contribution in [3.05, 3.63) is 70.7 Å². The van der Waals surface area contributed by atoms with Gasteiger partial charge in [-0.05, 0) is 35.6 Å². The molecule has 1 fully saturated rings. The number of benzene rings is 2. The number of carbonyl (C=O) groups excluding carboxylic acids is 1. The average Bonchev–Trinajstić information content (AvgIpc) is 3.08. The Balaban J connectivity index is 1.36. The van der Waals surface area contributed by atoms with Crippen LogP contribution in [-0.4, -0.2) is 35.2 Å². The first-order chi connectivity index (χ1) is 12.2. The topological polar surface area (TPSA) is 35.9 Å². The second-order valence-electron chi connectivity index (χ2n) is 6.69. The van der Waals surface area contributed by atoms with E-state index in [1.807, 2.05) is 41.4 Å². The Morgan fingerprint density at radius 1 is 1.08 bits per heavy atom. The van der Waals surface area contributed by atoms with Crippen molar-refractivity contribution < 1.29 is 4.79 Å². The van der Waals surface area contributed by atoms with Crippen LogP contribution in [0, 0.1) is 5.92 Å². The summed E-state index contributed by atoms with van der Waals surface area (Å²) < 4.78 is 0. The molecule has 2 heterocycles. The number of likely N-dealkylation sites (tertiary alicyclic amines) is 1. The molecule has 2 aliphatic heterocycles. The average molecular weight is 354 g/mol. The van der Waals surface area contributed by atoms with Crippen LogP contribution in [0.15, 0.2) is 59.7 Å². The molecule has 2 aromatic carbocycles. The summed E-state index contributed by atoms with van der Waals surface area (Å²) in [6, 6.07) is 18.1. The zero-order valence-corrected chi connectivity index (χ0v) is 14.6. The van der Waals surface area contributed by atoms with Gasteiger partial charge in [0.25, 0.3) is 0 Å². The Morgan fingerprint density at radius 3 is 2.52 bits per heavy atom. The lowest BCUT2D eigenvalue weighted by atomic mass is 9.92. The molecule has 0 N–H and O–H groups in total. The summed E-state index contributed by atoms with van der Waals surface area (Å²) in [7, 11) is 0. The molecule has 1 saturated heterocycles. The van der Waals surface area contributed by atoms with Gasteiger partial charge in [-0.15, -0.1) is 0 Å². The van der Waals surface area contributed by atoms with Crippen molar-refractivity contribution >= 4 is 23.8 Å². The third-order valence-corrected chi connectivity index (χ3v) is 5.13. The van der Waals surface area contributed by atoms with Crippen LogP contribution in [0.1, 0.15) is 23.6 Å². The van der Waals surface area contributed by atoms with E-state index in [0.29, 0.717) is 10.9 Å². The van der Waals surface area contributed by atoms with Gasteiger partial charge in [-0.25, -0.2) is 9.80 Å². The first-order valence-electron chi connectivity index (χ1n) is 8.60. The van der Waals surface area contributed by atoms with Crippen LogP contribution in [0.4, 0.5) is 4.79 Å². The third-order valence-electron chi connectivity index (χ3n) is 4.88. The maximum Gasteiger partial charge on any atom is 0.341 e. The molecule has 2 aromatic rings. The Morgan fingerprint density at radius 2 is 1.80 bits per heavy atom. The van der Waals surface area contributed by atoms with Crippen LogP contribution in [0.2, 0.25) is 5.02 Å². The van der Waals surface area contributed by atoms with Gasteiger partial charge >= 0.3 is 6.03 Å². The molecule has 1 atom stereocenters. The van der Waals surface area contributed by atoms with E-state index in [9.17, 15) is 4.79 Å². The minimum atomic E-state index is -0.0297. The molecule has 0 aliphatic carbocycles. The lowest BCUT2D eigenvalue weighted by Gasteiger charge is -2.41. The summed E-state index contributed by atoms with van der Waals surface area (Å²) in [5.41, 5.74) is 2.40. The number of rotatable bonds is 3. The van der Waals surface area contributed by atoms with Crippen molar-refractivity contribution in [3.63, 3.8) is 0 Å². The number of hydrazone groups is 1. The molecule has 0 radical (unpaired) electrons. The van der Waals surface area contributed by atoms with Crippen LogP contribution in [0.25, 0.3) is 0 Å². The van der Waals surface area contributed by atoms with Gasteiger partial charge in [-0.3, -0.25) is 0 Å². The van der Waals surface area contributed by atoms with E-state index in [2.05, 4.69) is 29.4 Å². The van der Waals surface area contributed by atoms with Gasteiger partial charge in [-0.2, -0.15) is 5.10 Å². The zero-order chi connectivity index (χ0) is 17.2. The second-order valence-corrected chi connectivity index (χ2v) is 7.13. The number of carbonyl (C=O) groups is 1. The molecular weight excluding hydrogens is 334 g/mol. The van der Waals surface area contributed by atoms with E-state index in [0.717, 1.165) is 31.5 Å². The highest BCUT2D eigenvalue weighted by Gasteiger charge is 2.37. The van der Waals surface area contributed by atoms with Gasteiger partial charge in [0.15, 0.2) is 0 Å². The van der Waals surface area contributed by atoms with Gasteiger partial charge in [0.2, 0.25) is 0 Å². The molecule has 4 rings (SSSR count). The lowest BCUT2D eigenvalue weighted by molar-refractivity contribution is 0.0835. The van der Waals surface area contributed by atoms with E-state index in [1.165, 1.54) is 5.56 Å². The van der Waals surface area contributed by atoms with Crippen molar-refractivity contribution in [2.45, 2.75) is 18.9 Å². The molecule has 128 valence electrons. The lowest BCUT2D eigenvalue weighted by Crippen LogP contribution is -2.54. The van der Waals surface area contributed by atoms with Crippen molar-refractivity contribution in [2.24, 2.45) is 11.0 Å². The van der Waals surface area contributed by atoms with Gasteiger partial charge < -0.3 is 4.90 Å². The summed E-state index contributed by atoms with van der Waals surface area (Å²) in [6.45, 7) is 1.60. The summed E-state index contributed by atoms with van der Waals surface area (Å²) in [4.78, 5) is 14.7. The van der Waals surface area contributed by atoms with Crippen molar-refractivity contribution in [1.29, 1.82) is 0 Å². The monoisotopic (exact) mass is 353 g/mol. The minimum absolute atomic E-state index is 0.00184. The molecule has 0 bridgehead atoms. The Bertz CT molecular complexity index is 769. The second kappa shape index (κ2) is 6.89. The number of hydrogen-bond acceptors (Lipinski definition) is 2. The highest BCUT2D eigenvalue weighted by atomic mass is 35.5. The Hall–Kier alpha value is -2.33. The summed E-state index contributed by atoms with van der Waals surface area (Å²) in [6.07, 6.45) is 3.58. The number of hydrogen-bond donors (Lipinski definition) is 0. The number of amides is 2. The van der Waals surface area contributed by atoms with Gasteiger partial charge in [-0.1, -0.05) is 54.1 Å². The molecule has 2 amide bonds. The molecule has 2 aliphatic rings. The minimum Gasteiger partial charge on any atom is -0.322 e. The van der Waals surface area contributed by atoms with E-state index in [-0.39, 0.29) is 12.1 Å². The molecule has 4 nitrogen and oxygen atoms in total. The quantitative estimate of drug-likeness (QED) is 0.807. The highest BCUT2D eigenvalue weighted by Crippen LogP contribution is 2.32. The maximum atomic E-state index is 12.8. The SMILES string of the molecule is O=C(N1CC(Cc2ccccc2)C1)N1N=CC[C@H]1c1ccc(Cl)cc1. The summed E-state index contributed by atoms with van der Waals surface area (Å²) in [5.74, 6) is 0.534. The third kappa shape index (κ3) is 3.40. The summed E-state index contributed by atoms with van der Waals surface area (Å²) in [5, 5.41) is 6.63. The number of urea groups is 1. The van der Waals surface area contributed by atoms with E-state index >= 15 is 0 Å². The largest absolute Gasteiger partial charge is 0.341 e. The highest BCUT2D eigenvalue weighted by molar-refractivity contribution is 6.30. The fourth-order valence-corrected chi connectivity index (χ4v) is 3.63. The Labute approximate surface area is 152 Å². The van der Waals surface area contributed by atoms with Crippen LogP contribution in [0.3, 0.4) is 0 Å². The van der Waals surface area contributed by atoms with Crippen molar-refractivity contribution in [2.75, 3.05) is 13.1 Å². The maximum absolute atomic E-state index is 12.8. The fourth-order valence-electron chi connectivity index (χ4n) is 3.51. The smallest absolute Gasteiger partial charge is 0.322 e. The van der Waals surface area contributed by atoms with Crippen LogP contribution in [0.5, 0.6) is 0 Å². The molecule has 0 saturated carbocycles. The zero-order valence-electron chi connectivity index (χ0n) is 13.9. The van der Waals surface area contributed by atoms with E-state index < -0.39 is 0 Å². The molecule has 0 aromatic heterocycles. The van der Waals surface area contributed by atoms with Crippen LogP contribution in [-0.2, 0) is 6.42 Å². The normalized spacial score (nSPS) is 20.0. The van der Waals surface area contributed by atoms with Crippen molar-refractivity contribution in [3.8, 4) is 0 Å². The van der Waals surface area contributed by atoms with Crippen LogP contribution >= 0.6 is 11.6 Å². The first kappa shape index (κ1) is 16.2. The molecule has 0 unspecified atom stereocenters. The standard InChI is InChI=1S/C20H20ClN3O/c21-18-8-6-17(7-9-18)19-10-11-22-24(19)20(25)23-13-16(14-23)12-15-4-2-1-3-5-15/h1-9,11,16,19H,10,12-14H2/t19-/m0/s1. The van der Waals surface area contributed by atoms with E-state index in [1.54, 1.807) is 5.01 Å². The Kier molecular flexibility index (Phi) is 4.45. The van der Waals surface area contributed by atoms with Crippen molar-refractivity contribution in [1.82, 2.24) is 9.91 Å². The molecule has 25 heavy (non-hydrogen) atoms. The van der Waals surface area contributed by atoms with E-state index in [4.69, 9.17) is 11.6 Å². The molecule has 0 spiro atoms. The number of nitrogens with zero attached hydrogens (tertiary/aromatic N) is 3. The van der Waals surface area contributed by atoms with Gasteiger partial charge in [0, 0.05) is 30.7 Å². The van der Waals surface area contributed by atoms with Gasteiger partial charge in [0.05, 0.1) is 6.04 Å². The van der Waals surface area contributed by atoms with Gasteiger partial charge in [0.1, 0.15) is 0 Å². The predicted octanol–water partition coefficient (Wildman–Crippen LogP) is 4.37.